The van der Waals surface area contributed by atoms with Crippen LogP contribution in [0.5, 0.6) is 0 Å². The van der Waals surface area contributed by atoms with Gasteiger partial charge in [-0.25, -0.2) is 14.2 Å². The lowest BCUT2D eigenvalue weighted by molar-refractivity contribution is 0.248. The van der Waals surface area contributed by atoms with Crippen molar-refractivity contribution in [2.75, 3.05) is 22.9 Å². The molecule has 1 fully saturated rings. The summed E-state index contributed by atoms with van der Waals surface area (Å²) in [6, 6.07) is 7.34. The molecule has 0 N–H and O–H groups in total. The molecule has 0 spiro atoms. The minimum atomic E-state index is -0.778. The highest BCUT2D eigenvalue weighted by atomic mass is 32.1. The van der Waals surface area contributed by atoms with Crippen LogP contribution in [0.25, 0.3) is 11.3 Å². The van der Waals surface area contributed by atoms with Gasteiger partial charge < -0.3 is 4.90 Å². The van der Waals surface area contributed by atoms with E-state index < -0.39 is 6.17 Å². The number of hydrogen-bond donors (Lipinski definition) is 0. The van der Waals surface area contributed by atoms with Crippen molar-refractivity contribution in [1.82, 2.24) is 19.1 Å². The normalized spacial score (nSPS) is 19.4. The lowest BCUT2D eigenvalue weighted by Gasteiger charge is -2.16. The van der Waals surface area contributed by atoms with Crippen molar-refractivity contribution in [3.05, 3.63) is 42.4 Å². The first kappa shape index (κ1) is 15.4. The summed E-state index contributed by atoms with van der Waals surface area (Å²) >= 11 is 1.28. The Morgan fingerprint density at radius 3 is 2.85 bits per heavy atom. The van der Waals surface area contributed by atoms with Gasteiger partial charge in [0.25, 0.3) is 0 Å². The smallest absolute Gasteiger partial charge is 0.350 e. The van der Waals surface area contributed by atoms with E-state index in [0.29, 0.717) is 31.7 Å². The number of nitrogens with zero attached hydrogens (tertiary/aromatic N) is 6. The predicted molar refractivity (Wildman–Crippen MR) is 96.3 cm³/mol. The maximum atomic E-state index is 13.3. The second-order valence-corrected chi connectivity index (χ2v) is 7.20. The summed E-state index contributed by atoms with van der Waals surface area (Å²) in [6.07, 6.45) is 3.18. The summed E-state index contributed by atoms with van der Waals surface area (Å²) in [5.74, 6) is 0.771. The SMILES string of the molecule is O=C1N(c2ccns2)Cc2cc(-c3ccc(N4CC[C@H](F)C4)nc3)nn21. The highest BCUT2D eigenvalue weighted by molar-refractivity contribution is 7.10. The average Bonchev–Trinajstić information content (AvgIpc) is 3.41. The first-order chi connectivity index (χ1) is 12.7. The molecule has 0 radical (unpaired) electrons. The largest absolute Gasteiger partial charge is 0.354 e. The third-order valence-corrected chi connectivity index (χ3v) is 5.47. The minimum Gasteiger partial charge on any atom is -0.354 e. The number of rotatable bonds is 3. The molecule has 0 aromatic carbocycles. The second kappa shape index (κ2) is 5.87. The van der Waals surface area contributed by atoms with Crippen molar-refractivity contribution in [3.63, 3.8) is 0 Å². The van der Waals surface area contributed by atoms with Crippen molar-refractivity contribution < 1.29 is 9.18 Å². The van der Waals surface area contributed by atoms with Gasteiger partial charge in [-0.05, 0) is 42.2 Å². The fraction of sp³-hybridized carbons (Fsp3) is 0.294. The van der Waals surface area contributed by atoms with E-state index in [0.717, 1.165) is 22.1 Å². The Balaban J connectivity index is 1.37. The summed E-state index contributed by atoms with van der Waals surface area (Å²) < 4.78 is 18.8. The molecule has 3 aromatic rings. The van der Waals surface area contributed by atoms with Crippen LogP contribution in [0.1, 0.15) is 12.1 Å². The van der Waals surface area contributed by atoms with Crippen LogP contribution in [-0.4, -0.2) is 44.4 Å². The van der Waals surface area contributed by atoms with Crippen LogP contribution < -0.4 is 9.80 Å². The maximum Gasteiger partial charge on any atom is 0.350 e. The Morgan fingerprint density at radius 1 is 1.27 bits per heavy atom. The fourth-order valence-corrected chi connectivity index (χ4v) is 3.95. The van der Waals surface area contributed by atoms with Gasteiger partial charge in [0.2, 0.25) is 0 Å². The zero-order valence-corrected chi connectivity index (χ0v) is 14.6. The van der Waals surface area contributed by atoms with E-state index in [2.05, 4.69) is 14.5 Å². The summed E-state index contributed by atoms with van der Waals surface area (Å²) in [6.45, 7) is 1.56. The quantitative estimate of drug-likeness (QED) is 0.709. The van der Waals surface area contributed by atoms with E-state index in [1.165, 1.54) is 16.2 Å². The van der Waals surface area contributed by atoms with Gasteiger partial charge in [-0.2, -0.15) is 14.2 Å². The molecule has 0 unspecified atom stereocenters. The monoisotopic (exact) mass is 370 g/mol. The molecule has 0 saturated carbocycles. The Bertz CT molecular complexity index is 954. The van der Waals surface area contributed by atoms with Crippen molar-refractivity contribution in [2.45, 2.75) is 19.1 Å². The van der Waals surface area contributed by atoms with Crippen LogP contribution in [0, 0.1) is 0 Å². The summed E-state index contributed by atoms with van der Waals surface area (Å²) in [7, 11) is 0. The number of anilines is 2. The molecule has 1 atom stereocenters. The van der Waals surface area contributed by atoms with Gasteiger partial charge >= 0.3 is 6.03 Å². The zero-order valence-electron chi connectivity index (χ0n) is 13.7. The molecular formula is C17H15FN6OS. The molecule has 26 heavy (non-hydrogen) atoms. The van der Waals surface area contributed by atoms with Crippen LogP contribution in [0.3, 0.4) is 0 Å². The van der Waals surface area contributed by atoms with Gasteiger partial charge in [-0.1, -0.05) is 0 Å². The number of carbonyl (C=O) groups is 1. The Labute approximate surface area is 152 Å². The van der Waals surface area contributed by atoms with Crippen LogP contribution in [0.15, 0.2) is 36.7 Å². The average molecular weight is 370 g/mol. The molecule has 0 bridgehead atoms. The Kier molecular flexibility index (Phi) is 3.49. The standard InChI is InChI=1S/C17H15FN6OS/c18-12-4-6-22(9-12)15-2-1-11(8-19-15)14-7-13-10-23(16-3-5-20-26-16)17(25)24(13)21-14/h1-3,5,7-8,12H,4,6,9-10H2/t12-/m0/s1. The number of aromatic nitrogens is 4. The molecule has 1 saturated heterocycles. The minimum absolute atomic E-state index is 0.175. The molecule has 7 nitrogen and oxygen atoms in total. The highest BCUT2D eigenvalue weighted by Gasteiger charge is 2.31. The van der Waals surface area contributed by atoms with E-state index in [9.17, 15) is 9.18 Å². The molecule has 9 heteroatoms. The number of amides is 1. The number of alkyl halides is 1. The molecular weight excluding hydrogens is 355 g/mol. The van der Waals surface area contributed by atoms with E-state index in [1.807, 2.05) is 29.2 Å². The van der Waals surface area contributed by atoms with Crippen LogP contribution in [-0.2, 0) is 6.54 Å². The molecule has 1 amide bonds. The van der Waals surface area contributed by atoms with Gasteiger partial charge in [-0.15, -0.1) is 0 Å². The molecule has 0 aliphatic carbocycles. The van der Waals surface area contributed by atoms with Gasteiger partial charge in [-0.3, -0.25) is 4.90 Å². The van der Waals surface area contributed by atoms with Gasteiger partial charge in [0.1, 0.15) is 17.0 Å². The zero-order chi connectivity index (χ0) is 17.7. The van der Waals surface area contributed by atoms with E-state index in [-0.39, 0.29) is 6.03 Å². The first-order valence-electron chi connectivity index (χ1n) is 8.36. The second-order valence-electron chi connectivity index (χ2n) is 6.39. The topological polar surface area (TPSA) is 67.2 Å². The molecule has 2 aliphatic rings. The summed E-state index contributed by atoms with van der Waals surface area (Å²) in [5.41, 5.74) is 2.38. The number of pyridine rings is 1. The number of hydrogen-bond acceptors (Lipinski definition) is 6. The highest BCUT2D eigenvalue weighted by Crippen LogP contribution is 2.30. The summed E-state index contributed by atoms with van der Waals surface area (Å²) in [5, 5.41) is 5.25. The van der Waals surface area contributed by atoms with Crippen molar-refractivity contribution in [1.29, 1.82) is 0 Å². The Hall–Kier alpha value is -2.81. The molecule has 5 rings (SSSR count). The van der Waals surface area contributed by atoms with Crippen LogP contribution >= 0.6 is 11.5 Å². The number of carbonyl (C=O) groups excluding carboxylic acids is 1. The lowest BCUT2D eigenvalue weighted by atomic mass is 10.2. The van der Waals surface area contributed by atoms with E-state index in [4.69, 9.17) is 0 Å². The van der Waals surface area contributed by atoms with E-state index in [1.54, 1.807) is 17.3 Å². The fourth-order valence-electron chi connectivity index (χ4n) is 3.35. The number of halogens is 1. The summed E-state index contributed by atoms with van der Waals surface area (Å²) in [4.78, 5) is 20.6. The first-order valence-corrected chi connectivity index (χ1v) is 9.13. The lowest BCUT2D eigenvalue weighted by Crippen LogP contribution is -2.25. The van der Waals surface area contributed by atoms with Crippen LogP contribution in [0.4, 0.5) is 20.0 Å². The predicted octanol–water partition coefficient (Wildman–Crippen LogP) is 2.94. The Morgan fingerprint density at radius 2 is 2.19 bits per heavy atom. The van der Waals surface area contributed by atoms with Gasteiger partial charge in [0.05, 0.1) is 24.5 Å². The molecule has 3 aromatic heterocycles. The van der Waals surface area contributed by atoms with E-state index >= 15 is 0 Å². The molecule has 132 valence electrons. The molecule has 2 aliphatic heterocycles. The third kappa shape index (κ3) is 2.47. The van der Waals surface area contributed by atoms with Gasteiger partial charge in [0, 0.05) is 24.5 Å². The van der Waals surface area contributed by atoms with Crippen LogP contribution in [0.2, 0.25) is 0 Å². The third-order valence-electron chi connectivity index (χ3n) is 4.70. The number of fused-ring (bicyclic) bond motifs is 1. The molecule has 5 heterocycles. The van der Waals surface area contributed by atoms with Crippen molar-refractivity contribution >= 4 is 28.4 Å². The maximum absolute atomic E-state index is 13.3. The van der Waals surface area contributed by atoms with Gasteiger partial charge in [0.15, 0.2) is 0 Å². The van der Waals surface area contributed by atoms with Crippen molar-refractivity contribution in [3.8, 4) is 11.3 Å². The van der Waals surface area contributed by atoms with Crippen molar-refractivity contribution in [2.24, 2.45) is 0 Å².